The van der Waals surface area contributed by atoms with Gasteiger partial charge in [0.2, 0.25) is 11.9 Å². The number of benzene rings is 1. The molecule has 2 atom stereocenters. The zero-order chi connectivity index (χ0) is 24.4. The molecule has 0 unspecified atom stereocenters. The summed E-state index contributed by atoms with van der Waals surface area (Å²) in [6.07, 6.45) is 9.43. The normalized spacial score (nSPS) is 21.1. The molecule has 0 radical (unpaired) electrons. The van der Waals surface area contributed by atoms with Crippen LogP contribution in [-0.4, -0.2) is 76.0 Å². The first-order valence-corrected chi connectivity index (χ1v) is 12.5. The summed E-state index contributed by atoms with van der Waals surface area (Å²) in [6, 6.07) is 6.70. The van der Waals surface area contributed by atoms with Crippen molar-refractivity contribution in [1.29, 1.82) is 0 Å². The number of hydrogen-bond acceptors (Lipinski definition) is 6. The Balaban J connectivity index is 1.29. The molecule has 2 N–H and O–H groups in total. The highest BCUT2D eigenvalue weighted by Gasteiger charge is 2.30. The Morgan fingerprint density at radius 2 is 2.11 bits per heavy atom. The number of ether oxygens (including phenoxy) is 1. The molecule has 1 aromatic carbocycles. The number of halogens is 1. The van der Waals surface area contributed by atoms with Crippen LogP contribution in [0, 0.1) is 0 Å². The number of amides is 1. The Kier molecular flexibility index (Phi) is 6.92. The van der Waals surface area contributed by atoms with Crippen molar-refractivity contribution in [2.24, 2.45) is 0 Å². The fourth-order valence-corrected chi connectivity index (χ4v) is 5.56. The number of piperazine rings is 1. The Hall–Kier alpha value is -3.10. The highest BCUT2D eigenvalue weighted by Crippen LogP contribution is 2.36. The van der Waals surface area contributed by atoms with E-state index in [-0.39, 0.29) is 5.91 Å². The van der Waals surface area contributed by atoms with Crippen LogP contribution >= 0.6 is 11.6 Å². The molecule has 3 heterocycles. The van der Waals surface area contributed by atoms with Crippen LogP contribution in [0.25, 0.3) is 22.2 Å². The molecular formula is C26H31ClN6O2. The number of nitrogens with one attached hydrogen (secondary N) is 2. The van der Waals surface area contributed by atoms with Gasteiger partial charge in [0.1, 0.15) is 5.75 Å². The second-order valence-corrected chi connectivity index (χ2v) is 9.61. The van der Waals surface area contributed by atoms with Crippen LogP contribution in [0.5, 0.6) is 5.75 Å². The van der Waals surface area contributed by atoms with Crippen molar-refractivity contribution >= 4 is 34.4 Å². The minimum Gasteiger partial charge on any atom is -0.495 e. The predicted octanol–water partition coefficient (Wildman–Crippen LogP) is 4.34. The van der Waals surface area contributed by atoms with E-state index in [1.165, 1.54) is 12.5 Å². The number of aromatic amines is 1. The molecular weight excluding hydrogens is 464 g/mol. The minimum atomic E-state index is 0.0252. The quantitative estimate of drug-likeness (QED) is 0.496. The Morgan fingerprint density at radius 3 is 2.89 bits per heavy atom. The number of hydrogen-bond donors (Lipinski definition) is 2. The average Bonchev–Trinajstić information content (AvgIpc) is 3.34. The first-order valence-electron chi connectivity index (χ1n) is 12.2. The number of anilines is 1. The Labute approximate surface area is 210 Å². The van der Waals surface area contributed by atoms with Crippen LogP contribution in [0.2, 0.25) is 5.02 Å². The van der Waals surface area contributed by atoms with Crippen molar-refractivity contribution in [2.75, 3.05) is 38.6 Å². The fourth-order valence-electron chi connectivity index (χ4n) is 5.36. The molecule has 35 heavy (non-hydrogen) atoms. The van der Waals surface area contributed by atoms with Crippen LogP contribution in [0.15, 0.2) is 43.2 Å². The van der Waals surface area contributed by atoms with E-state index in [4.69, 9.17) is 21.3 Å². The van der Waals surface area contributed by atoms with E-state index in [0.717, 1.165) is 67.7 Å². The number of methoxy groups -OCH3 is 1. The summed E-state index contributed by atoms with van der Waals surface area (Å²) in [4.78, 5) is 28.9. The van der Waals surface area contributed by atoms with E-state index in [1.807, 2.05) is 29.3 Å². The monoisotopic (exact) mass is 494 g/mol. The van der Waals surface area contributed by atoms with Crippen molar-refractivity contribution in [3.8, 4) is 17.0 Å². The number of carbonyl (C=O) groups is 1. The van der Waals surface area contributed by atoms with Gasteiger partial charge in [0.25, 0.3) is 0 Å². The van der Waals surface area contributed by atoms with Gasteiger partial charge in [-0.25, -0.2) is 9.97 Å². The highest BCUT2D eigenvalue weighted by molar-refractivity contribution is 6.33. The first-order chi connectivity index (χ1) is 17.1. The van der Waals surface area contributed by atoms with Crippen LogP contribution in [0.1, 0.15) is 25.7 Å². The van der Waals surface area contributed by atoms with Gasteiger partial charge in [0, 0.05) is 55.4 Å². The van der Waals surface area contributed by atoms with Crippen molar-refractivity contribution in [2.45, 2.75) is 37.8 Å². The van der Waals surface area contributed by atoms with Crippen LogP contribution < -0.4 is 10.1 Å². The van der Waals surface area contributed by atoms with Gasteiger partial charge in [0.15, 0.2) is 0 Å². The third kappa shape index (κ3) is 4.86. The van der Waals surface area contributed by atoms with E-state index in [0.29, 0.717) is 28.7 Å². The summed E-state index contributed by atoms with van der Waals surface area (Å²) < 4.78 is 5.48. The van der Waals surface area contributed by atoms with E-state index < -0.39 is 0 Å². The molecule has 1 aliphatic heterocycles. The number of rotatable bonds is 6. The van der Waals surface area contributed by atoms with E-state index >= 15 is 0 Å². The lowest BCUT2D eigenvalue weighted by Gasteiger charge is -2.42. The average molecular weight is 495 g/mol. The molecule has 9 heteroatoms. The molecule has 2 aromatic heterocycles. The lowest BCUT2D eigenvalue weighted by atomic mass is 9.89. The predicted molar refractivity (Wildman–Crippen MR) is 139 cm³/mol. The second kappa shape index (κ2) is 10.3. The van der Waals surface area contributed by atoms with Crippen LogP contribution in [0.3, 0.4) is 0 Å². The number of H-pyrrole nitrogens is 1. The summed E-state index contributed by atoms with van der Waals surface area (Å²) >= 11 is 6.53. The lowest BCUT2D eigenvalue weighted by Crippen LogP contribution is -2.53. The topological polar surface area (TPSA) is 86.4 Å². The molecule has 1 amide bonds. The number of nitrogens with zero attached hydrogens (tertiary/aromatic N) is 4. The molecule has 0 spiro atoms. The maximum atomic E-state index is 11.9. The summed E-state index contributed by atoms with van der Waals surface area (Å²) in [5.74, 6) is 1.39. The van der Waals surface area contributed by atoms with Gasteiger partial charge in [0.05, 0.1) is 29.5 Å². The van der Waals surface area contributed by atoms with E-state index in [9.17, 15) is 4.79 Å². The molecule has 5 rings (SSSR count). The molecule has 2 fully saturated rings. The van der Waals surface area contributed by atoms with Gasteiger partial charge < -0.3 is 19.9 Å². The van der Waals surface area contributed by atoms with Gasteiger partial charge in [-0.2, -0.15) is 0 Å². The minimum absolute atomic E-state index is 0.0252. The smallest absolute Gasteiger partial charge is 0.246 e. The highest BCUT2D eigenvalue weighted by atomic mass is 35.5. The van der Waals surface area contributed by atoms with Crippen molar-refractivity contribution in [3.05, 3.63) is 48.3 Å². The number of aromatic nitrogens is 3. The van der Waals surface area contributed by atoms with E-state index in [1.54, 1.807) is 13.3 Å². The third-order valence-electron chi connectivity index (χ3n) is 7.19. The van der Waals surface area contributed by atoms with Crippen LogP contribution in [-0.2, 0) is 4.79 Å². The first kappa shape index (κ1) is 23.6. The van der Waals surface area contributed by atoms with E-state index in [2.05, 4.69) is 26.8 Å². The maximum absolute atomic E-state index is 11.9. The van der Waals surface area contributed by atoms with Crippen molar-refractivity contribution in [1.82, 2.24) is 24.8 Å². The number of fused-ring (bicyclic) bond motifs is 1. The second-order valence-electron chi connectivity index (χ2n) is 9.20. The standard InChI is InChI=1S/C26H31ClN6O2/c1-3-23(34)33-12-10-32(11-13-33)18-7-4-6-17(14-18)30-26-29-16-21(27)24(31-26)20-15-28-25-19(20)8-5-9-22(25)35-2/h3,5,8-9,15-18,28H,1,4,6-7,10-14H2,2H3,(H,29,30,31)/t17-,18+/m1/s1. The maximum Gasteiger partial charge on any atom is 0.246 e. The summed E-state index contributed by atoms with van der Waals surface area (Å²) in [7, 11) is 1.66. The zero-order valence-electron chi connectivity index (χ0n) is 20.0. The number of para-hydroxylation sites is 1. The molecule has 2 aliphatic rings. The molecule has 1 aliphatic carbocycles. The lowest BCUT2D eigenvalue weighted by molar-refractivity contribution is -0.128. The third-order valence-corrected chi connectivity index (χ3v) is 7.47. The zero-order valence-corrected chi connectivity index (χ0v) is 20.7. The van der Waals surface area contributed by atoms with Crippen molar-refractivity contribution < 1.29 is 9.53 Å². The summed E-state index contributed by atoms with van der Waals surface area (Å²) in [5, 5.41) is 5.08. The van der Waals surface area contributed by atoms with Gasteiger partial charge in [-0.1, -0.05) is 30.3 Å². The molecule has 3 aromatic rings. The number of carbonyl (C=O) groups excluding carboxylic acids is 1. The summed E-state index contributed by atoms with van der Waals surface area (Å²) in [6.45, 7) is 6.94. The Morgan fingerprint density at radius 1 is 1.29 bits per heavy atom. The van der Waals surface area contributed by atoms with Crippen molar-refractivity contribution in [3.63, 3.8) is 0 Å². The molecule has 184 valence electrons. The Bertz CT molecular complexity index is 1220. The van der Waals surface area contributed by atoms with Crippen LogP contribution in [0.4, 0.5) is 5.95 Å². The molecule has 1 saturated carbocycles. The summed E-state index contributed by atoms with van der Waals surface area (Å²) in [5.41, 5.74) is 2.53. The van der Waals surface area contributed by atoms with Gasteiger partial charge in [-0.3, -0.25) is 9.69 Å². The largest absolute Gasteiger partial charge is 0.495 e. The van der Waals surface area contributed by atoms with Gasteiger partial charge in [-0.05, 0) is 37.8 Å². The molecule has 8 nitrogen and oxygen atoms in total. The molecule has 0 bridgehead atoms. The fraction of sp³-hybridized carbons (Fsp3) is 0.423. The molecule has 1 saturated heterocycles. The van der Waals surface area contributed by atoms with Gasteiger partial charge >= 0.3 is 0 Å². The van der Waals surface area contributed by atoms with Gasteiger partial charge in [-0.15, -0.1) is 0 Å². The SMILES string of the molecule is C=CC(=O)N1CCN([C@H]2CCC[C@@H](Nc3ncc(Cl)c(-c4c[nH]c5c(OC)cccc45)n3)C2)CC1.